The normalized spacial score (nSPS) is 20.8. The van der Waals surface area contributed by atoms with E-state index < -0.39 is 58.2 Å². The molecule has 3 aromatic carbocycles. The Morgan fingerprint density at radius 3 is 2.10 bits per heavy atom. The van der Waals surface area contributed by atoms with Crippen molar-refractivity contribution in [2.24, 2.45) is 11.8 Å². The SMILES string of the molecule is COC(=O)c1cccc(O)c1C(=O)c1c(O)cc(C(=O)OC2C3CCC(C3)C2NC(=O)c2ccc(O)cc2)cc1O. The number of phenolic OH excluding ortho intramolecular Hbond substituents is 4. The quantitative estimate of drug-likeness (QED) is 0.212. The zero-order chi connectivity index (χ0) is 29.4. The number of amides is 1. The van der Waals surface area contributed by atoms with Gasteiger partial charge in [-0.1, -0.05) is 6.07 Å². The average molecular weight is 562 g/mol. The van der Waals surface area contributed by atoms with E-state index in [1.54, 1.807) is 0 Å². The van der Waals surface area contributed by atoms with Crippen molar-refractivity contribution in [3.8, 4) is 23.0 Å². The minimum absolute atomic E-state index is 0.00918. The van der Waals surface area contributed by atoms with Gasteiger partial charge in [-0.2, -0.15) is 0 Å². The van der Waals surface area contributed by atoms with Gasteiger partial charge in [0.25, 0.3) is 5.91 Å². The molecule has 2 aliphatic rings. The van der Waals surface area contributed by atoms with Gasteiger partial charge in [-0.25, -0.2) is 9.59 Å². The Hall–Kier alpha value is -5.06. The molecule has 0 heterocycles. The van der Waals surface area contributed by atoms with E-state index in [9.17, 15) is 39.6 Å². The molecule has 11 nitrogen and oxygen atoms in total. The predicted octanol–water partition coefficient (Wildman–Crippen LogP) is 3.28. The molecule has 11 heteroatoms. The topological polar surface area (TPSA) is 180 Å². The number of carbonyl (C=O) groups excluding carboxylic acids is 4. The lowest BCUT2D eigenvalue weighted by molar-refractivity contribution is 0.00498. The van der Waals surface area contributed by atoms with E-state index in [1.807, 2.05) is 0 Å². The lowest BCUT2D eigenvalue weighted by Gasteiger charge is -2.31. The first-order valence-corrected chi connectivity index (χ1v) is 12.9. The van der Waals surface area contributed by atoms with Crippen LogP contribution in [0.3, 0.4) is 0 Å². The summed E-state index contributed by atoms with van der Waals surface area (Å²) < 4.78 is 10.4. The number of ketones is 1. The highest BCUT2D eigenvalue weighted by molar-refractivity contribution is 6.18. The maximum absolute atomic E-state index is 13.2. The van der Waals surface area contributed by atoms with Crippen molar-refractivity contribution >= 4 is 23.6 Å². The number of benzene rings is 3. The zero-order valence-electron chi connectivity index (χ0n) is 21.9. The van der Waals surface area contributed by atoms with Crippen LogP contribution in [0.4, 0.5) is 0 Å². The Morgan fingerprint density at radius 1 is 0.780 bits per heavy atom. The zero-order valence-corrected chi connectivity index (χ0v) is 21.9. The number of nitrogens with one attached hydrogen (secondary N) is 1. The third-order valence-electron chi connectivity index (χ3n) is 7.74. The van der Waals surface area contributed by atoms with Gasteiger partial charge in [0.15, 0.2) is 0 Å². The lowest BCUT2D eigenvalue weighted by atomic mass is 9.92. The van der Waals surface area contributed by atoms with Gasteiger partial charge in [-0.3, -0.25) is 9.59 Å². The Kier molecular flexibility index (Phi) is 7.27. The third kappa shape index (κ3) is 5.13. The highest BCUT2D eigenvalue weighted by Crippen LogP contribution is 2.46. The fourth-order valence-electron chi connectivity index (χ4n) is 5.79. The van der Waals surface area contributed by atoms with Crippen molar-refractivity contribution in [3.05, 3.63) is 82.4 Å². The fourth-order valence-corrected chi connectivity index (χ4v) is 5.79. The van der Waals surface area contributed by atoms with Crippen LogP contribution < -0.4 is 5.32 Å². The lowest BCUT2D eigenvalue weighted by Crippen LogP contribution is -2.48. The van der Waals surface area contributed by atoms with Gasteiger partial charge in [-0.05, 0) is 79.6 Å². The summed E-state index contributed by atoms with van der Waals surface area (Å²) in [4.78, 5) is 51.3. The summed E-state index contributed by atoms with van der Waals surface area (Å²) in [5.41, 5.74) is -1.31. The van der Waals surface area contributed by atoms with Crippen molar-refractivity contribution < 1.29 is 49.1 Å². The van der Waals surface area contributed by atoms with Crippen LogP contribution in [0.2, 0.25) is 0 Å². The molecule has 3 aromatic rings. The van der Waals surface area contributed by atoms with E-state index in [2.05, 4.69) is 10.1 Å². The number of ether oxygens (including phenoxy) is 2. The summed E-state index contributed by atoms with van der Waals surface area (Å²) in [5, 5.41) is 44.0. The Morgan fingerprint density at radius 2 is 1.44 bits per heavy atom. The molecule has 0 saturated heterocycles. The van der Waals surface area contributed by atoms with E-state index in [0.717, 1.165) is 44.6 Å². The van der Waals surface area contributed by atoms with Crippen LogP contribution in [0, 0.1) is 11.8 Å². The van der Waals surface area contributed by atoms with Crippen LogP contribution >= 0.6 is 0 Å². The smallest absolute Gasteiger partial charge is 0.338 e. The molecule has 0 spiro atoms. The molecule has 0 aliphatic heterocycles. The van der Waals surface area contributed by atoms with E-state index in [0.29, 0.717) is 5.56 Å². The predicted molar refractivity (Wildman–Crippen MR) is 142 cm³/mol. The second-order valence-corrected chi connectivity index (χ2v) is 10.2. The molecule has 0 aromatic heterocycles. The van der Waals surface area contributed by atoms with Crippen LogP contribution in [-0.4, -0.2) is 63.3 Å². The van der Waals surface area contributed by atoms with Gasteiger partial charge in [0.2, 0.25) is 5.78 Å². The number of carbonyl (C=O) groups is 4. The second kappa shape index (κ2) is 10.8. The molecule has 5 N–H and O–H groups in total. The number of hydrogen-bond acceptors (Lipinski definition) is 10. The number of rotatable bonds is 7. The van der Waals surface area contributed by atoms with Gasteiger partial charge in [0.05, 0.1) is 29.8 Å². The molecular formula is C30H27NO10. The van der Waals surface area contributed by atoms with E-state index in [-0.39, 0.29) is 34.6 Å². The second-order valence-electron chi connectivity index (χ2n) is 10.2. The number of aromatic hydroxyl groups is 4. The molecule has 0 radical (unpaired) electrons. The fraction of sp³-hybridized carbons (Fsp3) is 0.267. The molecule has 1 amide bonds. The summed E-state index contributed by atoms with van der Waals surface area (Å²) in [6.07, 6.45) is 1.77. The Labute approximate surface area is 234 Å². The minimum Gasteiger partial charge on any atom is -0.508 e. The largest absolute Gasteiger partial charge is 0.508 e. The van der Waals surface area contributed by atoms with Crippen molar-refractivity contribution in [2.45, 2.75) is 31.4 Å². The summed E-state index contributed by atoms with van der Waals surface area (Å²) >= 11 is 0. The summed E-state index contributed by atoms with van der Waals surface area (Å²) in [6.45, 7) is 0. The first kappa shape index (κ1) is 27.5. The standard InChI is InChI=1S/C30H27NO10/c1-40-30(39)19-3-2-4-20(33)23(19)26(36)24-21(34)12-17(13-22(24)35)29(38)41-27-16-6-5-15(11-16)25(27)31-28(37)14-7-9-18(32)10-8-14/h2-4,7-10,12-13,15-16,25,27,32-35H,5-6,11H2,1H3,(H,31,37). The summed E-state index contributed by atoms with van der Waals surface area (Å²) in [5.74, 6) is -5.22. The molecular weight excluding hydrogens is 534 g/mol. The van der Waals surface area contributed by atoms with Gasteiger partial charge in [0, 0.05) is 5.56 Å². The van der Waals surface area contributed by atoms with E-state index >= 15 is 0 Å². The molecule has 2 bridgehead atoms. The number of hydrogen-bond donors (Lipinski definition) is 5. The molecule has 5 rings (SSSR count). The summed E-state index contributed by atoms with van der Waals surface area (Å²) in [7, 11) is 1.09. The molecule has 2 saturated carbocycles. The van der Waals surface area contributed by atoms with Crippen LogP contribution in [0.1, 0.15) is 66.3 Å². The molecule has 2 fully saturated rings. The van der Waals surface area contributed by atoms with Crippen LogP contribution in [0.5, 0.6) is 23.0 Å². The maximum atomic E-state index is 13.2. The highest BCUT2D eigenvalue weighted by atomic mass is 16.5. The molecule has 41 heavy (non-hydrogen) atoms. The van der Waals surface area contributed by atoms with Crippen molar-refractivity contribution in [1.82, 2.24) is 5.32 Å². The first-order chi connectivity index (χ1) is 19.6. The van der Waals surface area contributed by atoms with Gasteiger partial charge in [0.1, 0.15) is 34.7 Å². The number of esters is 2. The van der Waals surface area contributed by atoms with E-state index in [4.69, 9.17) is 4.74 Å². The number of fused-ring (bicyclic) bond motifs is 2. The summed E-state index contributed by atoms with van der Waals surface area (Å²) in [6, 6.07) is 10.9. The molecule has 4 atom stereocenters. The molecule has 4 unspecified atom stereocenters. The van der Waals surface area contributed by atoms with Crippen LogP contribution in [0.15, 0.2) is 54.6 Å². The Bertz CT molecular complexity index is 1520. The molecule has 212 valence electrons. The average Bonchev–Trinajstić information content (AvgIpc) is 3.55. The van der Waals surface area contributed by atoms with Crippen molar-refractivity contribution in [2.75, 3.05) is 7.11 Å². The number of phenols is 4. The van der Waals surface area contributed by atoms with Gasteiger partial charge in [-0.15, -0.1) is 0 Å². The monoisotopic (exact) mass is 561 g/mol. The van der Waals surface area contributed by atoms with E-state index in [1.165, 1.54) is 36.4 Å². The van der Waals surface area contributed by atoms with Crippen LogP contribution in [-0.2, 0) is 9.47 Å². The maximum Gasteiger partial charge on any atom is 0.338 e. The first-order valence-electron chi connectivity index (χ1n) is 12.9. The molecule has 2 aliphatic carbocycles. The third-order valence-corrected chi connectivity index (χ3v) is 7.74. The number of methoxy groups -OCH3 is 1. The van der Waals surface area contributed by atoms with Crippen molar-refractivity contribution in [3.63, 3.8) is 0 Å². The van der Waals surface area contributed by atoms with Gasteiger partial charge < -0.3 is 35.2 Å². The van der Waals surface area contributed by atoms with Crippen molar-refractivity contribution in [1.29, 1.82) is 0 Å². The van der Waals surface area contributed by atoms with Crippen LogP contribution in [0.25, 0.3) is 0 Å². The van der Waals surface area contributed by atoms with Gasteiger partial charge >= 0.3 is 11.9 Å². The Balaban J connectivity index is 1.37. The highest BCUT2D eigenvalue weighted by Gasteiger charge is 2.50. The minimum atomic E-state index is -1.07.